The van der Waals surface area contributed by atoms with Crippen molar-refractivity contribution < 1.29 is 19.5 Å². The summed E-state index contributed by atoms with van der Waals surface area (Å²) < 4.78 is 0. The number of aliphatic hydroxyl groups is 1. The normalized spacial score (nSPS) is 22.3. The van der Waals surface area contributed by atoms with Crippen molar-refractivity contribution in [2.75, 3.05) is 23.3 Å². The molecule has 1 fully saturated rings. The molecule has 0 aromatic heterocycles. The van der Waals surface area contributed by atoms with Gasteiger partial charge >= 0.3 is 0 Å². The topological polar surface area (TPSA) is 102 Å². The van der Waals surface area contributed by atoms with Crippen LogP contribution >= 0.6 is 0 Å². The van der Waals surface area contributed by atoms with Gasteiger partial charge in [0.25, 0.3) is 0 Å². The second-order valence-corrected chi connectivity index (χ2v) is 21.4. The van der Waals surface area contributed by atoms with Crippen molar-refractivity contribution in [3.63, 3.8) is 0 Å². The lowest BCUT2D eigenvalue weighted by Gasteiger charge is -2.31. The van der Waals surface area contributed by atoms with E-state index in [1.54, 1.807) is 0 Å². The SMILES string of the molecule is CCCCCCCCN1C2=CC(=NC(=O)C(CC)CCCC)C(=C3C(=O)C(c4cc5c(cc4NC(=O)C(CC)CCCC)N(CCCCCCCC)C(C)C5(C)C)=C3O)C=C2C(C)(C)C1C. The van der Waals surface area contributed by atoms with Crippen LogP contribution in [0, 0.1) is 17.3 Å². The summed E-state index contributed by atoms with van der Waals surface area (Å²) in [5.74, 6) is -0.985. The highest BCUT2D eigenvalue weighted by molar-refractivity contribution is 6.42. The zero-order valence-electron chi connectivity index (χ0n) is 43.7. The maximum atomic E-state index is 15.1. The predicted molar refractivity (Wildman–Crippen MR) is 278 cm³/mol. The summed E-state index contributed by atoms with van der Waals surface area (Å²) in [7, 11) is 0. The van der Waals surface area contributed by atoms with E-state index in [0.29, 0.717) is 29.0 Å². The van der Waals surface area contributed by atoms with E-state index in [2.05, 4.69) is 109 Å². The number of likely N-dealkylation sites (tertiary alicyclic amines) is 1. The van der Waals surface area contributed by atoms with E-state index in [1.165, 1.54) is 64.2 Å². The van der Waals surface area contributed by atoms with Gasteiger partial charge < -0.3 is 20.2 Å². The number of carbonyl (C=O) groups excluding carboxylic acids is 3. The summed E-state index contributed by atoms with van der Waals surface area (Å²) in [4.78, 5) is 53.2. The summed E-state index contributed by atoms with van der Waals surface area (Å²) in [5.41, 5.74) is 6.36. The molecule has 4 unspecified atom stereocenters. The van der Waals surface area contributed by atoms with E-state index in [-0.39, 0.29) is 69.3 Å². The highest BCUT2D eigenvalue weighted by Crippen LogP contribution is 2.53. The lowest BCUT2D eigenvalue weighted by Crippen LogP contribution is -2.39. The molecule has 4 aliphatic rings. The van der Waals surface area contributed by atoms with E-state index >= 15 is 4.79 Å². The number of hydrogen-bond acceptors (Lipinski definition) is 6. The summed E-state index contributed by atoms with van der Waals surface area (Å²) in [6, 6.07) is 4.55. The maximum Gasteiger partial charge on any atom is 0.249 e. The van der Waals surface area contributed by atoms with Crippen LogP contribution in [-0.4, -0.2) is 58.5 Å². The minimum absolute atomic E-state index is 0.0513. The number of aliphatic imine (C=N–C) groups is 1. The Morgan fingerprint density at radius 1 is 0.682 bits per heavy atom. The van der Waals surface area contributed by atoms with Crippen LogP contribution in [0.2, 0.25) is 0 Å². The van der Waals surface area contributed by atoms with Crippen molar-refractivity contribution in [1.82, 2.24) is 4.90 Å². The van der Waals surface area contributed by atoms with Crippen molar-refractivity contribution in [1.29, 1.82) is 0 Å². The minimum atomic E-state index is -0.288. The first-order chi connectivity index (χ1) is 31.5. The standard InChI is InChI=1S/C58H90N4O4/c1-13-19-23-25-27-29-33-61-39(7)57(9,10)45-35-43(47(37-49(45)61)59-55(65)41(17-5)31-21-15-3)51-53(63)52(54(51)64)44-36-46-50(38-48(44)60-56(66)42(18-6)32-22-16-4)62(40(8)58(46,11)12)34-30-28-26-24-20-14-2/h35-42,63H,13-34H2,1-12H3,(H,59,65). The third-order valence-electron chi connectivity index (χ3n) is 16.3. The Kier molecular flexibility index (Phi) is 19.2. The van der Waals surface area contributed by atoms with Gasteiger partial charge in [0.1, 0.15) is 5.76 Å². The molecule has 8 nitrogen and oxygen atoms in total. The molecule has 2 heterocycles. The van der Waals surface area contributed by atoms with E-state index < -0.39 is 0 Å². The number of amides is 2. The van der Waals surface area contributed by atoms with Crippen molar-refractivity contribution >= 4 is 40.3 Å². The van der Waals surface area contributed by atoms with E-state index in [1.807, 2.05) is 13.0 Å². The minimum Gasteiger partial charge on any atom is -0.506 e. The van der Waals surface area contributed by atoms with Crippen molar-refractivity contribution in [2.45, 2.75) is 229 Å². The largest absolute Gasteiger partial charge is 0.506 e. The Balaban J connectivity index is 1.65. The van der Waals surface area contributed by atoms with Crippen LogP contribution in [0.5, 0.6) is 0 Å². The molecule has 4 atom stereocenters. The summed E-state index contributed by atoms with van der Waals surface area (Å²) in [6.45, 7) is 28.3. The number of benzene rings is 1. The molecule has 0 spiro atoms. The first-order valence-electron chi connectivity index (χ1n) is 26.9. The number of nitrogens with one attached hydrogen (secondary N) is 1. The van der Waals surface area contributed by atoms with Gasteiger partial charge in [-0.05, 0) is 87.8 Å². The lowest BCUT2D eigenvalue weighted by atomic mass is 9.73. The summed E-state index contributed by atoms with van der Waals surface area (Å²) >= 11 is 0. The van der Waals surface area contributed by atoms with Crippen LogP contribution in [0.1, 0.15) is 223 Å². The molecule has 0 bridgehead atoms. The zero-order valence-corrected chi connectivity index (χ0v) is 43.7. The van der Waals surface area contributed by atoms with Crippen LogP contribution in [0.3, 0.4) is 0 Å². The van der Waals surface area contributed by atoms with Gasteiger partial charge in [0.15, 0.2) is 0 Å². The fourth-order valence-electron chi connectivity index (χ4n) is 10.9. The molecule has 2 aliphatic carbocycles. The molecular formula is C58H90N4O4. The molecule has 2 N–H and O–H groups in total. The molecule has 8 heteroatoms. The summed E-state index contributed by atoms with van der Waals surface area (Å²) in [6.07, 6.45) is 25.5. The highest BCUT2D eigenvalue weighted by atomic mass is 16.3. The zero-order chi connectivity index (χ0) is 48.3. The summed E-state index contributed by atoms with van der Waals surface area (Å²) in [5, 5.41) is 15.8. The number of aliphatic hydroxyl groups excluding tert-OH is 1. The van der Waals surface area contributed by atoms with Gasteiger partial charge in [0, 0.05) is 70.4 Å². The number of rotatable bonds is 26. The second-order valence-electron chi connectivity index (χ2n) is 21.4. The molecule has 0 saturated carbocycles. The third kappa shape index (κ3) is 11.3. The van der Waals surface area contributed by atoms with Crippen molar-refractivity contribution in [3.8, 4) is 0 Å². The Morgan fingerprint density at radius 2 is 1.21 bits per heavy atom. The van der Waals surface area contributed by atoms with Gasteiger partial charge in [0.05, 0.1) is 22.5 Å². The fourth-order valence-corrected chi connectivity index (χ4v) is 10.9. The Labute approximate surface area is 401 Å². The number of anilines is 2. The monoisotopic (exact) mass is 907 g/mol. The average molecular weight is 907 g/mol. The lowest BCUT2D eigenvalue weighted by molar-refractivity contribution is -0.122. The van der Waals surface area contributed by atoms with E-state index in [0.717, 1.165) is 93.4 Å². The first kappa shape index (κ1) is 53.0. The van der Waals surface area contributed by atoms with Crippen LogP contribution < -0.4 is 10.2 Å². The Hall–Kier alpha value is -3.94. The molecule has 1 saturated heterocycles. The number of nitrogens with zero attached hydrogens (tertiary/aromatic N) is 3. The van der Waals surface area contributed by atoms with Gasteiger partial charge in [0.2, 0.25) is 17.6 Å². The van der Waals surface area contributed by atoms with Gasteiger partial charge in [-0.25, -0.2) is 4.99 Å². The molecule has 2 amide bonds. The maximum absolute atomic E-state index is 15.1. The van der Waals surface area contributed by atoms with Crippen LogP contribution in [-0.2, 0) is 19.8 Å². The highest BCUT2D eigenvalue weighted by Gasteiger charge is 2.49. The first-order valence-corrected chi connectivity index (χ1v) is 26.9. The number of fused-ring (bicyclic) bond motifs is 2. The van der Waals surface area contributed by atoms with Crippen molar-refractivity contribution in [3.05, 3.63) is 63.6 Å². The van der Waals surface area contributed by atoms with Crippen LogP contribution in [0.4, 0.5) is 11.4 Å². The van der Waals surface area contributed by atoms with Crippen LogP contribution in [0.25, 0.3) is 5.57 Å². The molecule has 1 aromatic rings. The second kappa shape index (κ2) is 23.9. The number of allylic oxidation sites excluding steroid dienone is 6. The Bertz CT molecular complexity index is 2050. The number of ketones is 1. The molecular weight excluding hydrogens is 817 g/mol. The smallest absolute Gasteiger partial charge is 0.249 e. The van der Waals surface area contributed by atoms with E-state index in [4.69, 9.17) is 4.99 Å². The fraction of sp³-hybridized carbons (Fsp3) is 0.690. The van der Waals surface area contributed by atoms with Gasteiger partial charge in [-0.2, -0.15) is 0 Å². The molecule has 1 aromatic carbocycles. The van der Waals surface area contributed by atoms with E-state index in [9.17, 15) is 14.7 Å². The quantitative estimate of drug-likeness (QED) is 0.0709. The van der Waals surface area contributed by atoms with Gasteiger partial charge in [-0.3, -0.25) is 14.4 Å². The molecule has 0 radical (unpaired) electrons. The number of hydrogen-bond donors (Lipinski definition) is 2. The number of Topliss-reactive ketones (excluding diaryl/α,β-unsaturated/α-hetero) is 1. The van der Waals surface area contributed by atoms with Gasteiger partial charge in [-0.1, -0.05) is 159 Å². The molecule has 366 valence electrons. The third-order valence-corrected chi connectivity index (χ3v) is 16.3. The number of unbranched alkanes of at least 4 members (excludes halogenated alkanes) is 12. The number of carbonyl (C=O) groups is 3. The molecule has 66 heavy (non-hydrogen) atoms. The van der Waals surface area contributed by atoms with Crippen LogP contribution in [0.15, 0.2) is 57.5 Å². The van der Waals surface area contributed by atoms with Gasteiger partial charge in [-0.15, -0.1) is 0 Å². The Morgan fingerprint density at radius 3 is 1.77 bits per heavy atom. The molecule has 2 aliphatic heterocycles. The predicted octanol–water partition coefficient (Wildman–Crippen LogP) is 14.9. The van der Waals surface area contributed by atoms with Crippen molar-refractivity contribution in [2.24, 2.45) is 22.2 Å². The molecule has 5 rings (SSSR count). The average Bonchev–Trinajstić information content (AvgIpc) is 3.58.